The third-order valence-corrected chi connectivity index (χ3v) is 34.8. The summed E-state index contributed by atoms with van der Waals surface area (Å²) < 4.78 is 15.5. The Labute approximate surface area is 830 Å². The van der Waals surface area contributed by atoms with Crippen molar-refractivity contribution in [3.05, 3.63) is 488 Å². The van der Waals surface area contributed by atoms with Crippen LogP contribution in [-0.4, -0.2) is 13.7 Å². The van der Waals surface area contributed by atoms with Gasteiger partial charge in [0.05, 0.1) is 33.1 Å². The van der Waals surface area contributed by atoms with Crippen LogP contribution in [0.5, 0.6) is 0 Å². The van der Waals surface area contributed by atoms with Gasteiger partial charge in [-0.1, -0.05) is 357 Å². The van der Waals surface area contributed by atoms with Gasteiger partial charge < -0.3 is 13.7 Å². The molecule has 0 unspecified atom stereocenters. The van der Waals surface area contributed by atoms with Crippen molar-refractivity contribution in [1.29, 1.82) is 0 Å². The van der Waals surface area contributed by atoms with E-state index in [1.807, 2.05) is 34.0 Å². The molecule has 6 heteroatoms. The summed E-state index contributed by atoms with van der Waals surface area (Å²) in [4.78, 5) is 0. The molecular weight excluding hydrogens is 1760 g/mol. The van der Waals surface area contributed by atoms with E-state index in [9.17, 15) is 0 Å². The highest BCUT2D eigenvalue weighted by Crippen LogP contribution is 2.60. The fourth-order valence-electron chi connectivity index (χ4n) is 24.2. The molecule has 3 nitrogen and oxygen atoms in total. The zero-order chi connectivity index (χ0) is 93.8. The van der Waals surface area contributed by atoms with Gasteiger partial charge in [-0.25, -0.2) is 0 Å². The van der Waals surface area contributed by atoms with Crippen LogP contribution in [0.3, 0.4) is 0 Å². The van der Waals surface area contributed by atoms with Gasteiger partial charge in [-0.3, -0.25) is 0 Å². The van der Waals surface area contributed by atoms with Crippen molar-refractivity contribution in [2.45, 2.75) is 57.8 Å². The van der Waals surface area contributed by atoms with Crippen LogP contribution in [0.2, 0.25) is 0 Å². The summed E-state index contributed by atoms with van der Waals surface area (Å²) >= 11 is 5.80. The zero-order valence-electron chi connectivity index (χ0n) is 78.9. The lowest BCUT2D eigenvalue weighted by molar-refractivity contribution is 0.661. The Morgan fingerprint density at radius 3 is 0.766 bits per heavy atom. The first-order valence-corrected chi connectivity index (χ1v) is 51.5. The Balaban J connectivity index is 0.000000104. The summed E-state index contributed by atoms with van der Waals surface area (Å²) in [5.74, 6) is 0. The molecular formula is C135H93N3S3. The minimum Gasteiger partial charge on any atom is -0.309 e. The van der Waals surface area contributed by atoms with Crippen LogP contribution in [0.4, 0.5) is 0 Å². The van der Waals surface area contributed by atoms with E-state index < -0.39 is 0 Å². The molecule has 0 bridgehead atoms. The first kappa shape index (κ1) is 82.9. The van der Waals surface area contributed by atoms with Crippen molar-refractivity contribution in [3.63, 3.8) is 0 Å². The molecule has 3 aliphatic carbocycles. The lowest BCUT2D eigenvalue weighted by atomic mass is 9.81. The second-order valence-corrected chi connectivity index (χ2v) is 43.2. The number of benzene rings is 21. The smallest absolute Gasteiger partial charge is 0.0547 e. The van der Waals surface area contributed by atoms with E-state index in [-0.39, 0.29) is 16.2 Å². The van der Waals surface area contributed by atoms with E-state index in [1.165, 1.54) is 277 Å². The fraction of sp³-hybridized carbons (Fsp3) is 0.0667. The molecule has 6 heterocycles. The Morgan fingerprint density at radius 1 is 0.156 bits per heavy atom. The quantitative estimate of drug-likeness (QED) is 0.137. The van der Waals surface area contributed by atoms with Gasteiger partial charge in [0.25, 0.3) is 0 Å². The second-order valence-electron chi connectivity index (χ2n) is 40.0. The van der Waals surface area contributed by atoms with Gasteiger partial charge in [0, 0.05) is 143 Å². The third-order valence-electron chi connectivity index (χ3n) is 31.2. The molecule has 141 heavy (non-hydrogen) atoms. The fourth-order valence-corrected chi connectivity index (χ4v) is 28.0. The van der Waals surface area contributed by atoms with Gasteiger partial charge in [0.2, 0.25) is 0 Å². The highest BCUT2D eigenvalue weighted by atomic mass is 32.1. The van der Waals surface area contributed by atoms with Gasteiger partial charge in [0.1, 0.15) is 0 Å². The molecule has 6 aromatic heterocycles. The van der Waals surface area contributed by atoms with Crippen molar-refractivity contribution in [3.8, 4) is 117 Å². The topological polar surface area (TPSA) is 14.8 Å². The molecule has 0 spiro atoms. The van der Waals surface area contributed by atoms with E-state index in [4.69, 9.17) is 0 Å². The number of thiophene rings is 3. The highest BCUT2D eigenvalue weighted by Gasteiger charge is 2.41. The maximum atomic E-state index is 2.46. The zero-order valence-corrected chi connectivity index (χ0v) is 81.3. The number of aromatic nitrogens is 3. The molecule has 21 aromatic carbocycles. The van der Waals surface area contributed by atoms with Gasteiger partial charge in [-0.05, 0) is 256 Å². The maximum Gasteiger partial charge on any atom is 0.0547 e. The summed E-state index contributed by atoms with van der Waals surface area (Å²) in [5.41, 5.74) is 42.5. The Morgan fingerprint density at radius 2 is 0.404 bits per heavy atom. The third kappa shape index (κ3) is 12.9. The number of para-hydroxylation sites is 3. The monoisotopic (exact) mass is 1850 g/mol. The van der Waals surface area contributed by atoms with E-state index in [2.05, 4.69) is 510 Å². The molecule has 0 N–H and O–H groups in total. The van der Waals surface area contributed by atoms with Crippen LogP contribution in [0.25, 0.3) is 243 Å². The van der Waals surface area contributed by atoms with Crippen LogP contribution in [0.1, 0.15) is 74.9 Å². The molecule has 0 aliphatic heterocycles. The summed E-state index contributed by atoms with van der Waals surface area (Å²) in [6.45, 7) is 14.3. The first-order chi connectivity index (χ1) is 69.2. The van der Waals surface area contributed by atoms with Gasteiger partial charge in [0.15, 0.2) is 0 Å². The normalized spacial score (nSPS) is 13.5. The molecule has 0 amide bonds. The molecule has 3 aliphatic rings. The number of rotatable bonds is 9. The SMILES string of the molecule is CC1(C)c2cc(-c3ccc4c(c3)c3cc(-c5ccccc5)ccc3n4-c3ccccc3)ccc2-c2c1ccc1c2sc2ccccc21.CC1(C)c2cc(-c3ccc4c5cc(-c6ccccc6)ccc5n(-c5ccccc5)c4c3)ccc2-c2c1ccc1c2sc2ccccc21.CC1(C)c2ccc(-c3ccc4c(c3)c3cc(-c5ccccc5)ccc3n4-c3ccccc3)cc2-c2c1ccc1c2sc2ccccc21. The minimum absolute atomic E-state index is 0.0472. The van der Waals surface area contributed by atoms with E-state index in [0.29, 0.717) is 0 Å². The summed E-state index contributed by atoms with van der Waals surface area (Å²) in [6.07, 6.45) is 0. The van der Waals surface area contributed by atoms with Crippen molar-refractivity contribution < 1.29 is 0 Å². The van der Waals surface area contributed by atoms with Gasteiger partial charge >= 0.3 is 0 Å². The van der Waals surface area contributed by atoms with Crippen molar-refractivity contribution in [2.75, 3.05) is 0 Å². The molecule has 27 aromatic rings. The predicted molar refractivity (Wildman–Crippen MR) is 606 cm³/mol. The van der Waals surface area contributed by atoms with E-state index in [1.54, 1.807) is 0 Å². The standard InChI is InChI=1S/3C45H31NS/c1-45(2)38-21-17-30(27-37(38)43-39(45)22-20-34-33-15-9-10-16-42(33)47-44(34)43)31-19-24-41-36(26-31)35-25-29(28-11-5-3-6-12-28)18-23-40(35)46(41)32-13-7-4-8-14-32;1-45(2)38-22-21-34-33-15-9-10-16-42(33)47-44(34)43(38)35-20-17-31(27-39(35)45)30-19-24-41-37(26-30)36-25-29(28-11-5-3-6-12-28)18-23-40(36)46(41)32-13-7-4-8-14-32;1-45(2)38-23-22-35-34-15-9-10-16-42(34)47-44(35)43(38)36-21-18-30(26-39(36)45)31-17-20-33-37-25-29(28-11-5-3-6-12-28)19-24-40(37)46(41(33)27-31)32-13-7-4-8-14-32/h3*3-27H,1-2H3. The number of fused-ring (bicyclic) bond motifs is 30. The first-order valence-electron chi connectivity index (χ1n) is 49.1. The van der Waals surface area contributed by atoms with E-state index >= 15 is 0 Å². The maximum absolute atomic E-state index is 2.46. The Kier molecular flexibility index (Phi) is 18.7. The summed E-state index contributed by atoms with van der Waals surface area (Å²) in [6, 6.07) is 168. The largest absolute Gasteiger partial charge is 0.309 e. The number of hydrogen-bond acceptors (Lipinski definition) is 3. The average molecular weight is 1850 g/mol. The van der Waals surface area contributed by atoms with Crippen LogP contribution in [0, 0.1) is 0 Å². The predicted octanol–water partition coefficient (Wildman–Crippen LogP) is 38.4. The van der Waals surface area contributed by atoms with Crippen LogP contribution >= 0.6 is 34.0 Å². The van der Waals surface area contributed by atoms with Crippen molar-refractivity contribution in [2.24, 2.45) is 0 Å². The van der Waals surface area contributed by atoms with Gasteiger partial charge in [-0.15, -0.1) is 34.0 Å². The molecule has 0 saturated heterocycles. The molecule has 30 rings (SSSR count). The minimum atomic E-state index is -0.0814. The van der Waals surface area contributed by atoms with Crippen LogP contribution < -0.4 is 0 Å². The number of nitrogens with zero attached hydrogens (tertiary/aromatic N) is 3. The number of hydrogen-bond donors (Lipinski definition) is 0. The Bertz CT molecular complexity index is 9860. The molecule has 0 saturated carbocycles. The molecule has 0 fully saturated rings. The highest BCUT2D eigenvalue weighted by molar-refractivity contribution is 7.27. The summed E-state index contributed by atoms with van der Waals surface area (Å²) in [5, 5.41) is 15.8. The molecule has 666 valence electrons. The van der Waals surface area contributed by atoms with E-state index in [0.717, 1.165) is 0 Å². The second kappa shape index (κ2) is 31.9. The average Bonchev–Trinajstić information content (AvgIpc) is 1.55. The summed E-state index contributed by atoms with van der Waals surface area (Å²) in [7, 11) is 0. The lowest BCUT2D eigenvalue weighted by Crippen LogP contribution is -2.14. The Hall–Kier alpha value is -16.3. The lowest BCUT2D eigenvalue weighted by Gasteiger charge is -2.22. The molecule has 0 atom stereocenters. The van der Waals surface area contributed by atoms with Crippen molar-refractivity contribution in [1.82, 2.24) is 13.7 Å². The van der Waals surface area contributed by atoms with Crippen molar-refractivity contribution >= 4 is 160 Å². The van der Waals surface area contributed by atoms with Gasteiger partial charge in [-0.2, -0.15) is 0 Å². The van der Waals surface area contributed by atoms with Crippen LogP contribution in [0.15, 0.2) is 455 Å². The van der Waals surface area contributed by atoms with Crippen LogP contribution in [-0.2, 0) is 16.2 Å². The molecule has 0 radical (unpaired) electrons.